The molecule has 7 nitrogen and oxygen atoms in total. The van der Waals surface area contributed by atoms with Crippen LogP contribution in [0.25, 0.3) is 22.3 Å². The van der Waals surface area contributed by atoms with Gasteiger partial charge in [0, 0.05) is 30.6 Å². The Morgan fingerprint density at radius 2 is 1.97 bits per heavy atom. The standard InChI is InChI=1S/C22H21N5O2.CH4.H2S/c1-13-12-27(3)21(28)22(13,29)10-9-15-5-4-6-16(11-15)17-7-8-18-19(26-17)20(23)25-14(2)24-18;;/h4-8,11,13,29H,12H2,1-3H3,(H2,23,24,25);1H4;1H2/t13-,22-;;/m1../s1. The minimum absolute atomic E-state index is 0. The summed E-state index contributed by atoms with van der Waals surface area (Å²) in [4.78, 5) is 26.9. The molecule has 4 rings (SSSR count). The number of nitrogen functional groups attached to an aromatic ring is 1. The highest BCUT2D eigenvalue weighted by Gasteiger charge is 2.48. The lowest BCUT2D eigenvalue weighted by Gasteiger charge is -2.17. The number of nitrogens with two attached hydrogens (primary N) is 1. The van der Waals surface area contributed by atoms with Crippen LogP contribution in [0.15, 0.2) is 36.4 Å². The van der Waals surface area contributed by atoms with E-state index in [1.54, 1.807) is 14.0 Å². The van der Waals surface area contributed by atoms with Crippen molar-refractivity contribution in [2.24, 2.45) is 5.92 Å². The summed E-state index contributed by atoms with van der Waals surface area (Å²) in [5, 5.41) is 10.7. The van der Waals surface area contributed by atoms with E-state index in [0.717, 1.165) is 5.56 Å². The zero-order valence-corrected chi connectivity index (χ0v) is 18.0. The molecule has 1 fully saturated rings. The molecule has 0 bridgehead atoms. The number of hydrogen-bond donors (Lipinski definition) is 2. The Bertz CT molecular complexity index is 1200. The fourth-order valence-corrected chi connectivity index (χ4v) is 3.55. The molecule has 0 radical (unpaired) electrons. The first kappa shape index (κ1) is 24.1. The molecular weight excluding hydrogens is 410 g/mol. The van der Waals surface area contributed by atoms with Gasteiger partial charge < -0.3 is 15.7 Å². The number of likely N-dealkylation sites (tertiary alicyclic amines) is 1. The number of aryl methyl sites for hydroxylation is 1. The van der Waals surface area contributed by atoms with E-state index in [1.165, 1.54) is 4.90 Å². The van der Waals surface area contributed by atoms with Gasteiger partial charge in [-0.3, -0.25) is 4.79 Å². The average Bonchev–Trinajstić information content (AvgIpc) is 2.89. The van der Waals surface area contributed by atoms with Gasteiger partial charge in [0.2, 0.25) is 5.60 Å². The van der Waals surface area contributed by atoms with Gasteiger partial charge in [-0.05, 0) is 31.2 Å². The van der Waals surface area contributed by atoms with Crippen LogP contribution >= 0.6 is 13.5 Å². The van der Waals surface area contributed by atoms with Crippen LogP contribution < -0.4 is 5.73 Å². The Balaban J connectivity index is 0.00000171. The highest BCUT2D eigenvalue weighted by molar-refractivity contribution is 7.59. The molecule has 162 valence electrons. The van der Waals surface area contributed by atoms with Gasteiger partial charge in [0.05, 0.1) is 11.2 Å². The van der Waals surface area contributed by atoms with Crippen molar-refractivity contribution in [1.82, 2.24) is 19.9 Å². The van der Waals surface area contributed by atoms with Crippen LogP contribution in [0.2, 0.25) is 0 Å². The van der Waals surface area contributed by atoms with Gasteiger partial charge in [-0.2, -0.15) is 13.5 Å². The summed E-state index contributed by atoms with van der Waals surface area (Å²) in [6, 6.07) is 11.2. The lowest BCUT2D eigenvalue weighted by molar-refractivity contribution is -0.138. The Labute approximate surface area is 189 Å². The topological polar surface area (TPSA) is 105 Å². The number of carbonyl (C=O) groups is 1. The number of carbonyl (C=O) groups excluding carboxylic acids is 1. The molecule has 0 spiro atoms. The molecule has 3 heterocycles. The Morgan fingerprint density at radius 3 is 2.65 bits per heavy atom. The van der Waals surface area contributed by atoms with Crippen LogP contribution in [-0.2, 0) is 4.79 Å². The fourth-order valence-electron chi connectivity index (χ4n) is 3.55. The SMILES string of the molecule is C.Cc1nc(N)c2nc(-c3cccc(C#C[C@]4(O)C(=O)N(C)C[C@H]4C)c3)ccc2n1.S. The van der Waals surface area contributed by atoms with Crippen molar-refractivity contribution in [2.75, 3.05) is 19.3 Å². The smallest absolute Gasteiger partial charge is 0.267 e. The van der Waals surface area contributed by atoms with E-state index in [-0.39, 0.29) is 32.7 Å². The summed E-state index contributed by atoms with van der Waals surface area (Å²) in [6.45, 7) is 4.08. The quantitative estimate of drug-likeness (QED) is 0.567. The molecule has 3 N–H and O–H groups in total. The molecular formula is C23H27N5O2S. The number of pyridine rings is 1. The Morgan fingerprint density at radius 1 is 1.23 bits per heavy atom. The second-order valence-electron chi connectivity index (χ2n) is 7.40. The van der Waals surface area contributed by atoms with E-state index in [1.807, 2.05) is 43.3 Å². The molecule has 1 aliphatic rings. The first-order chi connectivity index (χ1) is 13.8. The van der Waals surface area contributed by atoms with E-state index < -0.39 is 5.60 Å². The van der Waals surface area contributed by atoms with E-state index in [2.05, 4.69) is 26.8 Å². The maximum atomic E-state index is 12.3. The first-order valence-corrected chi connectivity index (χ1v) is 9.30. The van der Waals surface area contributed by atoms with Gasteiger partial charge in [0.1, 0.15) is 11.3 Å². The third-order valence-electron chi connectivity index (χ3n) is 5.17. The number of aliphatic hydroxyl groups is 1. The Hall–Kier alpha value is -3.15. The van der Waals surface area contributed by atoms with Crippen molar-refractivity contribution in [3.8, 4) is 23.1 Å². The minimum atomic E-state index is -1.66. The number of hydrogen-bond acceptors (Lipinski definition) is 6. The van der Waals surface area contributed by atoms with Crippen molar-refractivity contribution in [3.05, 3.63) is 47.8 Å². The van der Waals surface area contributed by atoms with Crippen LogP contribution in [0.4, 0.5) is 5.82 Å². The molecule has 0 unspecified atom stereocenters. The Kier molecular flexibility index (Phi) is 6.94. The first-order valence-electron chi connectivity index (χ1n) is 9.30. The molecule has 1 aliphatic heterocycles. The number of benzene rings is 1. The van der Waals surface area contributed by atoms with E-state index in [4.69, 9.17) is 5.73 Å². The monoisotopic (exact) mass is 437 g/mol. The molecule has 3 aromatic rings. The van der Waals surface area contributed by atoms with Gasteiger partial charge in [0.15, 0.2) is 5.82 Å². The van der Waals surface area contributed by atoms with Crippen molar-refractivity contribution < 1.29 is 9.90 Å². The van der Waals surface area contributed by atoms with Crippen LogP contribution in [0.1, 0.15) is 25.7 Å². The number of likely N-dealkylation sites (N-methyl/N-ethyl adjacent to an activating group) is 1. The van der Waals surface area contributed by atoms with Gasteiger partial charge in [-0.25, -0.2) is 15.0 Å². The van der Waals surface area contributed by atoms with Crippen LogP contribution in [0.3, 0.4) is 0 Å². The molecule has 2 atom stereocenters. The summed E-state index contributed by atoms with van der Waals surface area (Å²) in [5.41, 5.74) is 7.82. The lowest BCUT2D eigenvalue weighted by Crippen LogP contribution is -2.40. The molecule has 1 saturated heterocycles. The number of rotatable bonds is 1. The van der Waals surface area contributed by atoms with Crippen LogP contribution in [-0.4, -0.2) is 50.1 Å². The predicted molar refractivity (Wildman–Crippen MR) is 128 cm³/mol. The van der Waals surface area contributed by atoms with Gasteiger partial charge in [-0.1, -0.05) is 38.3 Å². The maximum Gasteiger partial charge on any atom is 0.267 e. The predicted octanol–water partition coefficient (Wildman–Crippen LogP) is 2.52. The van der Waals surface area contributed by atoms with Crippen molar-refractivity contribution >= 4 is 36.3 Å². The largest absolute Gasteiger partial charge is 0.382 e. The average molecular weight is 438 g/mol. The molecule has 31 heavy (non-hydrogen) atoms. The summed E-state index contributed by atoms with van der Waals surface area (Å²) in [6.07, 6.45) is 0. The van der Waals surface area contributed by atoms with E-state index in [9.17, 15) is 9.90 Å². The molecule has 1 aromatic carbocycles. The van der Waals surface area contributed by atoms with Crippen molar-refractivity contribution in [1.29, 1.82) is 0 Å². The lowest BCUT2D eigenvalue weighted by atomic mass is 9.92. The van der Waals surface area contributed by atoms with Gasteiger partial charge >= 0.3 is 0 Å². The third kappa shape index (κ3) is 4.33. The van der Waals surface area contributed by atoms with Gasteiger partial charge in [-0.15, -0.1) is 0 Å². The normalized spacial score (nSPS) is 19.9. The summed E-state index contributed by atoms with van der Waals surface area (Å²) >= 11 is 0. The third-order valence-corrected chi connectivity index (χ3v) is 5.17. The summed E-state index contributed by atoms with van der Waals surface area (Å²) < 4.78 is 0. The van der Waals surface area contributed by atoms with E-state index >= 15 is 0 Å². The van der Waals surface area contributed by atoms with Crippen molar-refractivity contribution in [3.63, 3.8) is 0 Å². The molecule has 2 aromatic heterocycles. The van der Waals surface area contributed by atoms with Crippen LogP contribution in [0, 0.1) is 24.7 Å². The summed E-state index contributed by atoms with van der Waals surface area (Å²) in [5.74, 6) is 6.04. The number of anilines is 1. The van der Waals surface area contributed by atoms with Gasteiger partial charge in [0.25, 0.3) is 5.91 Å². The molecule has 0 aliphatic carbocycles. The second kappa shape index (κ2) is 8.92. The summed E-state index contributed by atoms with van der Waals surface area (Å²) in [7, 11) is 1.67. The van der Waals surface area contributed by atoms with Crippen LogP contribution in [0.5, 0.6) is 0 Å². The number of aromatic nitrogens is 3. The number of fused-ring (bicyclic) bond motifs is 1. The molecule has 1 amide bonds. The van der Waals surface area contributed by atoms with E-state index in [0.29, 0.717) is 40.5 Å². The molecule has 8 heteroatoms. The zero-order valence-electron chi connectivity index (χ0n) is 17.0. The fraction of sp³-hybridized carbons (Fsp3) is 0.304. The minimum Gasteiger partial charge on any atom is -0.382 e. The second-order valence-corrected chi connectivity index (χ2v) is 7.40. The molecule has 0 saturated carbocycles. The zero-order chi connectivity index (χ0) is 20.8. The highest BCUT2D eigenvalue weighted by Crippen LogP contribution is 2.28. The maximum absolute atomic E-state index is 12.3. The number of amides is 1. The number of nitrogens with zero attached hydrogens (tertiary/aromatic N) is 4. The van der Waals surface area contributed by atoms with Crippen molar-refractivity contribution in [2.45, 2.75) is 26.9 Å². The highest BCUT2D eigenvalue weighted by atomic mass is 32.1.